The van der Waals surface area contributed by atoms with E-state index in [2.05, 4.69) is 29.7 Å². The minimum absolute atomic E-state index is 0.414. The molecule has 6 nitrogen and oxygen atoms in total. The fourth-order valence-corrected chi connectivity index (χ4v) is 5.43. The zero-order valence-electron chi connectivity index (χ0n) is 17.9. The van der Waals surface area contributed by atoms with Crippen LogP contribution in [0.15, 0.2) is 48.5 Å². The van der Waals surface area contributed by atoms with E-state index in [4.69, 9.17) is 15.7 Å². The van der Waals surface area contributed by atoms with E-state index in [0.717, 1.165) is 63.5 Å². The Hall–Kier alpha value is -3.29. The minimum Gasteiger partial charge on any atom is -0.366 e. The van der Waals surface area contributed by atoms with Gasteiger partial charge in [0.05, 0.1) is 11.3 Å². The largest absolute Gasteiger partial charge is 0.366 e. The average molecular weight is 444 g/mol. The van der Waals surface area contributed by atoms with Gasteiger partial charge >= 0.3 is 0 Å². The van der Waals surface area contributed by atoms with Crippen LogP contribution in [0.1, 0.15) is 38.5 Å². The van der Waals surface area contributed by atoms with Gasteiger partial charge in [-0.05, 0) is 37.9 Å². The van der Waals surface area contributed by atoms with Gasteiger partial charge in [-0.15, -0.1) is 11.3 Å². The molecule has 3 heterocycles. The minimum atomic E-state index is -0.414. The number of hydrogen-bond acceptors (Lipinski definition) is 6. The standard InChI is InChI=1S/C25H25N5OS/c1-15-21(17-9-5-10-18(23(26)31)22(17)32-15)25-29-20-11-6-12-27-14-19(20)24(30-25)28-13-16-7-3-2-4-8-16/h2-5,7-10,27H,6,11-14H2,1H3,(H2,26,31)(H,28,29,30). The Morgan fingerprint density at radius 3 is 2.81 bits per heavy atom. The van der Waals surface area contributed by atoms with Gasteiger partial charge in [0.2, 0.25) is 5.91 Å². The first-order chi connectivity index (χ1) is 15.6. The van der Waals surface area contributed by atoms with E-state index in [1.165, 1.54) is 5.56 Å². The Morgan fingerprint density at radius 2 is 2.00 bits per heavy atom. The molecule has 0 unspecified atom stereocenters. The summed E-state index contributed by atoms with van der Waals surface area (Å²) in [6, 6.07) is 16.0. The summed E-state index contributed by atoms with van der Waals surface area (Å²) in [4.78, 5) is 23.0. The van der Waals surface area contributed by atoms with Gasteiger partial charge in [-0.25, -0.2) is 9.97 Å². The summed E-state index contributed by atoms with van der Waals surface area (Å²) >= 11 is 1.57. The number of nitrogens with one attached hydrogen (secondary N) is 2. The number of rotatable bonds is 5. The van der Waals surface area contributed by atoms with Crippen LogP contribution in [-0.2, 0) is 19.5 Å². The fourth-order valence-electron chi connectivity index (χ4n) is 4.27. The molecule has 1 aliphatic heterocycles. The van der Waals surface area contributed by atoms with E-state index in [1.54, 1.807) is 17.4 Å². The second kappa shape index (κ2) is 8.68. The van der Waals surface area contributed by atoms with Gasteiger partial charge in [0, 0.05) is 39.2 Å². The summed E-state index contributed by atoms with van der Waals surface area (Å²) in [5.41, 5.74) is 10.6. The number of aryl methyl sites for hydroxylation is 2. The van der Waals surface area contributed by atoms with Gasteiger partial charge in [0.1, 0.15) is 5.82 Å². The van der Waals surface area contributed by atoms with Crippen molar-refractivity contribution in [3.63, 3.8) is 0 Å². The fraction of sp³-hybridized carbons (Fsp3) is 0.240. The molecule has 0 fully saturated rings. The highest BCUT2D eigenvalue weighted by atomic mass is 32.1. The molecule has 7 heteroatoms. The highest BCUT2D eigenvalue weighted by Gasteiger charge is 2.22. The number of primary amides is 1. The molecule has 32 heavy (non-hydrogen) atoms. The maximum Gasteiger partial charge on any atom is 0.250 e. The van der Waals surface area contributed by atoms with Gasteiger partial charge in [0.15, 0.2) is 5.82 Å². The first kappa shape index (κ1) is 20.6. The topological polar surface area (TPSA) is 92.9 Å². The molecule has 2 aromatic heterocycles. The van der Waals surface area contributed by atoms with Crippen LogP contribution in [-0.4, -0.2) is 22.4 Å². The van der Waals surface area contributed by atoms with Gasteiger partial charge in [0.25, 0.3) is 0 Å². The monoisotopic (exact) mass is 443 g/mol. The number of anilines is 1. The van der Waals surface area contributed by atoms with E-state index in [9.17, 15) is 4.79 Å². The molecule has 0 atom stereocenters. The number of hydrogen-bond donors (Lipinski definition) is 3. The Kier molecular flexibility index (Phi) is 5.59. The Balaban J connectivity index is 1.63. The first-order valence-electron chi connectivity index (χ1n) is 10.8. The molecule has 0 radical (unpaired) electrons. The summed E-state index contributed by atoms with van der Waals surface area (Å²) in [6.07, 6.45) is 1.95. The second-order valence-corrected chi connectivity index (χ2v) is 9.25. The van der Waals surface area contributed by atoms with E-state index in [1.807, 2.05) is 30.3 Å². The predicted molar refractivity (Wildman–Crippen MR) is 130 cm³/mol. The Morgan fingerprint density at radius 1 is 1.16 bits per heavy atom. The van der Waals surface area contributed by atoms with Crippen molar-refractivity contribution in [2.45, 2.75) is 32.9 Å². The molecule has 0 saturated heterocycles. The van der Waals surface area contributed by atoms with Crippen molar-refractivity contribution >= 4 is 33.1 Å². The normalized spacial score (nSPS) is 13.5. The molecule has 0 saturated carbocycles. The number of fused-ring (bicyclic) bond motifs is 2. The van der Waals surface area contributed by atoms with Crippen molar-refractivity contribution in [3.8, 4) is 11.4 Å². The van der Waals surface area contributed by atoms with Crippen LogP contribution in [0.2, 0.25) is 0 Å². The maximum absolute atomic E-state index is 12.0. The van der Waals surface area contributed by atoms with E-state index < -0.39 is 5.91 Å². The molecule has 162 valence electrons. The number of amides is 1. The smallest absolute Gasteiger partial charge is 0.250 e. The molecule has 1 amide bonds. The molecule has 2 aromatic carbocycles. The lowest BCUT2D eigenvalue weighted by Gasteiger charge is -2.15. The molecule has 0 aliphatic carbocycles. The van der Waals surface area contributed by atoms with E-state index in [0.29, 0.717) is 17.9 Å². The van der Waals surface area contributed by atoms with Crippen molar-refractivity contribution < 1.29 is 4.79 Å². The number of aromatic nitrogens is 2. The third kappa shape index (κ3) is 3.85. The number of thiophene rings is 1. The first-order valence-corrected chi connectivity index (χ1v) is 11.6. The lowest BCUT2D eigenvalue weighted by molar-refractivity contribution is 0.100. The summed E-state index contributed by atoms with van der Waals surface area (Å²) in [5, 5.41) is 8.02. The molecule has 1 aliphatic rings. The second-order valence-electron chi connectivity index (χ2n) is 8.02. The zero-order chi connectivity index (χ0) is 22.1. The van der Waals surface area contributed by atoms with Crippen LogP contribution < -0.4 is 16.4 Å². The van der Waals surface area contributed by atoms with Crippen LogP contribution in [0.25, 0.3) is 21.5 Å². The molecule has 4 N–H and O–H groups in total. The summed E-state index contributed by atoms with van der Waals surface area (Å²) in [6.45, 7) is 4.46. The maximum atomic E-state index is 12.0. The van der Waals surface area contributed by atoms with Crippen LogP contribution in [0.4, 0.5) is 5.82 Å². The molecule has 0 bridgehead atoms. The van der Waals surface area contributed by atoms with Crippen molar-refractivity contribution in [3.05, 3.63) is 75.8 Å². The highest BCUT2D eigenvalue weighted by Crippen LogP contribution is 2.39. The summed E-state index contributed by atoms with van der Waals surface area (Å²) in [7, 11) is 0. The third-order valence-electron chi connectivity index (χ3n) is 5.85. The van der Waals surface area contributed by atoms with Crippen molar-refractivity contribution in [1.29, 1.82) is 0 Å². The van der Waals surface area contributed by atoms with Crippen LogP contribution in [0.5, 0.6) is 0 Å². The number of nitrogens with two attached hydrogens (primary N) is 1. The van der Waals surface area contributed by atoms with Gasteiger partial charge in [-0.3, -0.25) is 4.79 Å². The summed E-state index contributed by atoms with van der Waals surface area (Å²) < 4.78 is 0.895. The van der Waals surface area contributed by atoms with Gasteiger partial charge in [-0.1, -0.05) is 42.5 Å². The SMILES string of the molecule is Cc1sc2c(C(N)=O)cccc2c1-c1nc2c(c(NCc3ccccc3)n1)CNCCC2. The van der Waals surface area contributed by atoms with Crippen molar-refractivity contribution in [2.75, 3.05) is 11.9 Å². The Labute approximate surface area is 190 Å². The highest BCUT2D eigenvalue weighted by molar-refractivity contribution is 7.20. The number of carbonyl (C=O) groups is 1. The molecular weight excluding hydrogens is 418 g/mol. The Bertz CT molecular complexity index is 1300. The van der Waals surface area contributed by atoms with Gasteiger partial charge in [-0.2, -0.15) is 0 Å². The average Bonchev–Trinajstić information content (AvgIpc) is 2.96. The van der Waals surface area contributed by atoms with Crippen molar-refractivity contribution in [2.24, 2.45) is 5.73 Å². The van der Waals surface area contributed by atoms with Crippen LogP contribution >= 0.6 is 11.3 Å². The van der Waals surface area contributed by atoms with Crippen LogP contribution in [0.3, 0.4) is 0 Å². The third-order valence-corrected chi connectivity index (χ3v) is 7.00. The van der Waals surface area contributed by atoms with E-state index in [-0.39, 0.29) is 0 Å². The lowest BCUT2D eigenvalue weighted by atomic mass is 10.1. The summed E-state index contributed by atoms with van der Waals surface area (Å²) in [5.74, 6) is 1.15. The zero-order valence-corrected chi connectivity index (χ0v) is 18.8. The van der Waals surface area contributed by atoms with Crippen molar-refractivity contribution in [1.82, 2.24) is 15.3 Å². The van der Waals surface area contributed by atoms with Gasteiger partial charge < -0.3 is 16.4 Å². The molecule has 0 spiro atoms. The van der Waals surface area contributed by atoms with Crippen LogP contribution in [0, 0.1) is 6.92 Å². The molecule has 5 rings (SSSR count). The predicted octanol–water partition coefficient (Wildman–Crippen LogP) is 4.41. The quantitative estimate of drug-likeness (QED) is 0.425. The molecule has 4 aromatic rings. The lowest BCUT2D eigenvalue weighted by Crippen LogP contribution is -2.15. The number of benzene rings is 2. The number of carbonyl (C=O) groups excluding carboxylic acids is 1. The number of nitrogens with zero attached hydrogens (tertiary/aromatic N) is 2. The molecular formula is C25H25N5OS. The van der Waals surface area contributed by atoms with E-state index >= 15 is 0 Å².